The number of rotatable bonds is 5. The maximum atomic E-state index is 5.44. The van der Waals surface area contributed by atoms with Crippen LogP contribution in [0.1, 0.15) is 30.5 Å². The lowest BCUT2D eigenvalue weighted by molar-refractivity contribution is -0.00967. The van der Waals surface area contributed by atoms with E-state index in [9.17, 15) is 0 Å². The van der Waals surface area contributed by atoms with Gasteiger partial charge in [-0.25, -0.2) is 0 Å². The molecule has 1 aliphatic rings. The molecule has 1 aliphatic heterocycles. The molecule has 112 valence electrons. The van der Waals surface area contributed by atoms with Crippen LogP contribution in [-0.2, 0) is 11.3 Å². The van der Waals surface area contributed by atoms with Gasteiger partial charge in [0.15, 0.2) is 0 Å². The Hall–Kier alpha value is -0.900. The molecule has 2 rings (SSSR count). The first-order valence-electron chi connectivity index (χ1n) is 7.59. The summed E-state index contributed by atoms with van der Waals surface area (Å²) in [7, 11) is 0. The average Bonchev–Trinajstić information content (AvgIpc) is 2.43. The minimum Gasteiger partial charge on any atom is -0.379 e. The molecule has 0 atom stereocenters. The minimum atomic E-state index is 0.182. The molecule has 0 bridgehead atoms. The lowest BCUT2D eigenvalue weighted by Crippen LogP contribution is -2.54. The minimum absolute atomic E-state index is 0.182. The quantitative estimate of drug-likeness (QED) is 0.894. The summed E-state index contributed by atoms with van der Waals surface area (Å²) < 4.78 is 5.44. The van der Waals surface area contributed by atoms with Crippen molar-refractivity contribution >= 4 is 0 Å². The molecule has 3 heteroatoms. The van der Waals surface area contributed by atoms with Crippen LogP contribution >= 0.6 is 0 Å². The highest BCUT2D eigenvalue weighted by atomic mass is 16.5. The molecule has 1 saturated heterocycles. The smallest absolute Gasteiger partial charge is 0.0594 e. The van der Waals surface area contributed by atoms with Crippen LogP contribution in [0.3, 0.4) is 0 Å². The van der Waals surface area contributed by atoms with Gasteiger partial charge in [-0.1, -0.05) is 23.8 Å². The van der Waals surface area contributed by atoms with E-state index in [1.165, 1.54) is 16.7 Å². The van der Waals surface area contributed by atoms with Crippen LogP contribution in [0.2, 0.25) is 0 Å². The van der Waals surface area contributed by atoms with Gasteiger partial charge in [-0.15, -0.1) is 0 Å². The number of benzene rings is 1. The predicted molar refractivity (Wildman–Crippen MR) is 84.1 cm³/mol. The lowest BCUT2D eigenvalue weighted by Gasteiger charge is -2.41. The number of morpholine rings is 1. The summed E-state index contributed by atoms with van der Waals surface area (Å²) in [4.78, 5) is 2.52. The molecular weight excluding hydrogens is 248 g/mol. The van der Waals surface area contributed by atoms with E-state index >= 15 is 0 Å². The molecule has 0 aliphatic carbocycles. The second kappa shape index (κ2) is 6.70. The number of hydrogen-bond donors (Lipinski definition) is 1. The largest absolute Gasteiger partial charge is 0.379 e. The van der Waals surface area contributed by atoms with E-state index in [0.717, 1.165) is 39.4 Å². The second-order valence-corrected chi connectivity index (χ2v) is 6.45. The Kier molecular flexibility index (Phi) is 5.19. The van der Waals surface area contributed by atoms with Crippen molar-refractivity contribution in [3.05, 3.63) is 34.9 Å². The van der Waals surface area contributed by atoms with Crippen molar-refractivity contribution in [1.82, 2.24) is 10.2 Å². The standard InChI is InChI=1S/C17H28N2O/c1-14-5-6-15(2)16(11-14)12-18-13-17(3,4)19-7-9-20-10-8-19/h5-6,11,18H,7-10,12-13H2,1-4H3. The number of nitrogens with one attached hydrogen (secondary N) is 1. The van der Waals surface area contributed by atoms with E-state index in [-0.39, 0.29) is 5.54 Å². The predicted octanol–water partition coefficient (Wildman–Crippen LogP) is 2.50. The van der Waals surface area contributed by atoms with Gasteiger partial charge >= 0.3 is 0 Å². The molecule has 1 heterocycles. The molecule has 0 saturated carbocycles. The molecule has 3 nitrogen and oxygen atoms in total. The van der Waals surface area contributed by atoms with Crippen molar-refractivity contribution in [3.8, 4) is 0 Å². The van der Waals surface area contributed by atoms with Crippen molar-refractivity contribution in [1.29, 1.82) is 0 Å². The number of hydrogen-bond acceptors (Lipinski definition) is 3. The van der Waals surface area contributed by atoms with Crippen molar-refractivity contribution < 1.29 is 4.74 Å². The summed E-state index contributed by atoms with van der Waals surface area (Å²) in [5.41, 5.74) is 4.29. The molecule has 20 heavy (non-hydrogen) atoms. The number of ether oxygens (including phenoxy) is 1. The van der Waals surface area contributed by atoms with Crippen molar-refractivity contribution in [2.24, 2.45) is 0 Å². The third-order valence-corrected chi connectivity index (χ3v) is 4.24. The zero-order valence-corrected chi connectivity index (χ0v) is 13.3. The summed E-state index contributed by atoms with van der Waals surface area (Å²) in [6.45, 7) is 14.7. The van der Waals surface area contributed by atoms with E-state index in [1.807, 2.05) is 0 Å². The molecule has 0 amide bonds. The van der Waals surface area contributed by atoms with E-state index < -0.39 is 0 Å². The topological polar surface area (TPSA) is 24.5 Å². The summed E-state index contributed by atoms with van der Waals surface area (Å²) in [5.74, 6) is 0. The maximum Gasteiger partial charge on any atom is 0.0594 e. The van der Waals surface area contributed by atoms with E-state index in [0.29, 0.717) is 0 Å². The van der Waals surface area contributed by atoms with Crippen LogP contribution in [0.15, 0.2) is 18.2 Å². The van der Waals surface area contributed by atoms with Crippen LogP contribution in [-0.4, -0.2) is 43.3 Å². The third kappa shape index (κ3) is 4.05. The second-order valence-electron chi connectivity index (χ2n) is 6.45. The first kappa shape index (κ1) is 15.5. The van der Waals surface area contributed by atoms with Crippen LogP contribution in [0, 0.1) is 13.8 Å². The summed E-state index contributed by atoms with van der Waals surface area (Å²) >= 11 is 0. The average molecular weight is 276 g/mol. The molecule has 0 radical (unpaired) electrons. The Morgan fingerprint density at radius 3 is 2.60 bits per heavy atom. The van der Waals surface area contributed by atoms with Gasteiger partial charge < -0.3 is 10.1 Å². The Bertz CT molecular complexity index is 437. The van der Waals surface area contributed by atoms with Gasteiger partial charge in [0.25, 0.3) is 0 Å². The molecule has 0 unspecified atom stereocenters. The molecule has 0 aromatic heterocycles. The molecule has 1 fully saturated rings. The Morgan fingerprint density at radius 1 is 1.20 bits per heavy atom. The Balaban J connectivity index is 1.86. The molecule has 0 spiro atoms. The Labute approximate surface area is 123 Å². The van der Waals surface area contributed by atoms with Gasteiger partial charge in [0.1, 0.15) is 0 Å². The summed E-state index contributed by atoms with van der Waals surface area (Å²) in [5, 5.41) is 3.62. The fourth-order valence-corrected chi connectivity index (χ4v) is 2.77. The van der Waals surface area contributed by atoms with Crippen LogP contribution in [0.25, 0.3) is 0 Å². The fourth-order valence-electron chi connectivity index (χ4n) is 2.77. The van der Waals surface area contributed by atoms with Crippen molar-refractivity contribution in [2.45, 2.75) is 39.8 Å². The van der Waals surface area contributed by atoms with Gasteiger partial charge in [0.05, 0.1) is 13.2 Å². The third-order valence-electron chi connectivity index (χ3n) is 4.24. The van der Waals surface area contributed by atoms with Crippen molar-refractivity contribution in [3.63, 3.8) is 0 Å². The SMILES string of the molecule is Cc1ccc(C)c(CNCC(C)(C)N2CCOCC2)c1. The van der Waals surface area contributed by atoms with Gasteiger partial charge in [-0.05, 0) is 38.8 Å². The fraction of sp³-hybridized carbons (Fsp3) is 0.647. The molecule has 1 aromatic carbocycles. The highest BCUT2D eigenvalue weighted by molar-refractivity contribution is 5.30. The molecule has 1 N–H and O–H groups in total. The lowest BCUT2D eigenvalue weighted by atomic mass is 10.0. The number of nitrogens with zero attached hydrogens (tertiary/aromatic N) is 1. The maximum absolute atomic E-state index is 5.44. The van der Waals surface area contributed by atoms with Crippen LogP contribution in [0.4, 0.5) is 0 Å². The number of aryl methyl sites for hydroxylation is 2. The first-order valence-corrected chi connectivity index (χ1v) is 7.59. The molecule has 1 aromatic rings. The van der Waals surface area contributed by atoms with E-state index in [2.05, 4.69) is 56.1 Å². The monoisotopic (exact) mass is 276 g/mol. The van der Waals surface area contributed by atoms with Gasteiger partial charge in [-0.2, -0.15) is 0 Å². The van der Waals surface area contributed by atoms with Gasteiger partial charge in [-0.3, -0.25) is 4.90 Å². The van der Waals surface area contributed by atoms with Crippen molar-refractivity contribution in [2.75, 3.05) is 32.8 Å². The molecular formula is C17H28N2O. The van der Waals surface area contributed by atoms with E-state index in [4.69, 9.17) is 4.74 Å². The van der Waals surface area contributed by atoms with E-state index in [1.54, 1.807) is 0 Å². The highest BCUT2D eigenvalue weighted by Crippen LogP contribution is 2.16. The van der Waals surface area contributed by atoms with Crippen LogP contribution < -0.4 is 5.32 Å². The summed E-state index contributed by atoms with van der Waals surface area (Å²) in [6.07, 6.45) is 0. The summed E-state index contributed by atoms with van der Waals surface area (Å²) in [6, 6.07) is 6.67. The van der Waals surface area contributed by atoms with Gasteiger partial charge in [0, 0.05) is 31.7 Å². The van der Waals surface area contributed by atoms with Gasteiger partial charge in [0.2, 0.25) is 0 Å². The zero-order valence-electron chi connectivity index (χ0n) is 13.3. The Morgan fingerprint density at radius 2 is 1.90 bits per heavy atom. The zero-order chi connectivity index (χ0) is 14.6. The first-order chi connectivity index (χ1) is 9.49. The normalized spacial score (nSPS) is 17.4. The van der Waals surface area contributed by atoms with Crippen LogP contribution in [0.5, 0.6) is 0 Å². The highest BCUT2D eigenvalue weighted by Gasteiger charge is 2.27.